The van der Waals surface area contributed by atoms with E-state index in [0.29, 0.717) is 18.7 Å². The first-order valence-electron chi connectivity index (χ1n) is 10.2. The van der Waals surface area contributed by atoms with Crippen LogP contribution < -0.4 is 9.64 Å². The number of rotatable bonds is 5. The summed E-state index contributed by atoms with van der Waals surface area (Å²) in [5.74, 6) is 0.702. The molecule has 1 atom stereocenters. The van der Waals surface area contributed by atoms with E-state index >= 15 is 0 Å². The van der Waals surface area contributed by atoms with E-state index in [1.807, 2.05) is 35.2 Å². The summed E-state index contributed by atoms with van der Waals surface area (Å²) in [4.78, 5) is 31.2. The number of benzene rings is 2. The predicted octanol–water partition coefficient (Wildman–Crippen LogP) is 2.54. The summed E-state index contributed by atoms with van der Waals surface area (Å²) in [6, 6.07) is 18.1. The number of para-hydroxylation sites is 2. The Bertz CT molecular complexity index is 871. The van der Waals surface area contributed by atoms with Gasteiger partial charge in [-0.25, -0.2) is 0 Å². The molecule has 0 radical (unpaired) electrons. The number of hydrogen-bond acceptors (Lipinski definition) is 4. The molecule has 0 spiro atoms. The molecule has 6 nitrogen and oxygen atoms in total. The Morgan fingerprint density at radius 2 is 1.83 bits per heavy atom. The topological polar surface area (TPSA) is 53.1 Å². The summed E-state index contributed by atoms with van der Waals surface area (Å²) < 4.78 is 5.47. The Labute approximate surface area is 171 Å². The second kappa shape index (κ2) is 8.66. The summed E-state index contributed by atoms with van der Waals surface area (Å²) in [5, 5.41) is 0. The second-order valence-corrected chi connectivity index (χ2v) is 7.71. The summed E-state index contributed by atoms with van der Waals surface area (Å²) in [6.45, 7) is 5.87. The molecule has 0 bridgehead atoms. The molecule has 1 saturated heterocycles. The molecule has 0 aromatic heterocycles. The van der Waals surface area contributed by atoms with Crippen LogP contribution in [-0.4, -0.2) is 60.4 Å². The molecule has 6 heteroatoms. The van der Waals surface area contributed by atoms with Gasteiger partial charge in [0, 0.05) is 45.2 Å². The molecule has 152 valence electrons. The molecule has 0 saturated carbocycles. The number of nitrogens with zero attached hydrogens (tertiary/aromatic N) is 3. The summed E-state index contributed by atoms with van der Waals surface area (Å²) in [6.07, 6.45) is 0.323. The van der Waals surface area contributed by atoms with Crippen LogP contribution in [0.25, 0.3) is 0 Å². The van der Waals surface area contributed by atoms with Gasteiger partial charge in [0.05, 0.1) is 5.69 Å². The molecule has 0 N–H and O–H groups in total. The monoisotopic (exact) mass is 393 g/mol. The van der Waals surface area contributed by atoms with Gasteiger partial charge >= 0.3 is 0 Å². The Morgan fingerprint density at radius 3 is 2.62 bits per heavy atom. The van der Waals surface area contributed by atoms with Crippen LogP contribution in [0.1, 0.15) is 18.9 Å². The zero-order chi connectivity index (χ0) is 20.2. The number of carbonyl (C=O) groups is 2. The van der Waals surface area contributed by atoms with Crippen molar-refractivity contribution in [3.05, 3.63) is 60.2 Å². The van der Waals surface area contributed by atoms with Crippen molar-refractivity contribution >= 4 is 17.5 Å². The minimum absolute atomic E-state index is 0.0275. The van der Waals surface area contributed by atoms with Crippen molar-refractivity contribution in [2.24, 2.45) is 0 Å². The van der Waals surface area contributed by atoms with Gasteiger partial charge in [-0.1, -0.05) is 42.5 Å². The maximum atomic E-state index is 12.9. The third-order valence-electron chi connectivity index (χ3n) is 5.64. The van der Waals surface area contributed by atoms with Crippen LogP contribution in [0.2, 0.25) is 0 Å². The van der Waals surface area contributed by atoms with Crippen molar-refractivity contribution in [3.8, 4) is 5.75 Å². The number of hydrogen-bond donors (Lipinski definition) is 0. The number of fused-ring (bicyclic) bond motifs is 1. The maximum Gasteiger partial charge on any atom is 0.265 e. The smallest absolute Gasteiger partial charge is 0.265 e. The first kappa shape index (κ1) is 19.5. The molecule has 0 unspecified atom stereocenters. The summed E-state index contributed by atoms with van der Waals surface area (Å²) in [7, 11) is 0. The van der Waals surface area contributed by atoms with E-state index in [0.717, 1.165) is 31.9 Å². The third-order valence-corrected chi connectivity index (χ3v) is 5.64. The van der Waals surface area contributed by atoms with E-state index < -0.39 is 0 Å². The van der Waals surface area contributed by atoms with Gasteiger partial charge in [0.15, 0.2) is 6.61 Å². The van der Waals surface area contributed by atoms with Crippen LogP contribution in [0, 0.1) is 0 Å². The largest absolute Gasteiger partial charge is 0.482 e. The fraction of sp³-hybridized carbons (Fsp3) is 0.391. The zero-order valence-electron chi connectivity index (χ0n) is 16.8. The molecular weight excluding hydrogens is 366 g/mol. The molecule has 0 aliphatic carbocycles. The average molecular weight is 393 g/mol. The molecule has 2 aromatic carbocycles. The fourth-order valence-corrected chi connectivity index (χ4v) is 4.14. The van der Waals surface area contributed by atoms with E-state index in [2.05, 4.69) is 36.1 Å². The van der Waals surface area contributed by atoms with Crippen LogP contribution in [0.4, 0.5) is 5.69 Å². The van der Waals surface area contributed by atoms with E-state index in [4.69, 9.17) is 4.74 Å². The van der Waals surface area contributed by atoms with Crippen LogP contribution >= 0.6 is 0 Å². The Morgan fingerprint density at radius 1 is 1.07 bits per heavy atom. The van der Waals surface area contributed by atoms with Gasteiger partial charge in [-0.15, -0.1) is 0 Å². The van der Waals surface area contributed by atoms with Gasteiger partial charge in [-0.2, -0.15) is 0 Å². The van der Waals surface area contributed by atoms with Crippen molar-refractivity contribution < 1.29 is 14.3 Å². The van der Waals surface area contributed by atoms with Crippen molar-refractivity contribution in [3.63, 3.8) is 0 Å². The molecule has 2 aromatic rings. The van der Waals surface area contributed by atoms with Crippen molar-refractivity contribution in [2.45, 2.75) is 25.9 Å². The lowest BCUT2D eigenvalue weighted by Crippen LogP contribution is -2.54. The average Bonchev–Trinajstić information content (AvgIpc) is 2.74. The van der Waals surface area contributed by atoms with Crippen LogP contribution in [0.5, 0.6) is 5.75 Å². The van der Waals surface area contributed by atoms with Crippen molar-refractivity contribution in [2.75, 3.05) is 37.7 Å². The van der Waals surface area contributed by atoms with Crippen LogP contribution in [0.15, 0.2) is 54.6 Å². The number of amides is 2. The quantitative estimate of drug-likeness (QED) is 0.783. The van der Waals surface area contributed by atoms with Crippen molar-refractivity contribution in [1.82, 2.24) is 9.80 Å². The molecule has 29 heavy (non-hydrogen) atoms. The number of piperazine rings is 1. The Balaban J connectivity index is 1.32. The Hall–Kier alpha value is -2.86. The molecule has 2 heterocycles. The highest BCUT2D eigenvalue weighted by Crippen LogP contribution is 2.31. The van der Waals surface area contributed by atoms with E-state index in [1.54, 1.807) is 4.90 Å². The molecular formula is C23H27N3O3. The molecule has 2 aliphatic rings. The highest BCUT2D eigenvalue weighted by molar-refractivity contribution is 5.98. The van der Waals surface area contributed by atoms with Gasteiger partial charge in [-0.3, -0.25) is 14.5 Å². The lowest BCUT2D eigenvalue weighted by Gasteiger charge is -2.40. The van der Waals surface area contributed by atoms with E-state index in [1.165, 1.54) is 5.56 Å². The zero-order valence-corrected chi connectivity index (χ0v) is 16.8. The molecule has 2 aliphatic heterocycles. The van der Waals surface area contributed by atoms with Gasteiger partial charge in [-0.05, 0) is 24.6 Å². The fourth-order valence-electron chi connectivity index (χ4n) is 4.14. The normalized spacial score (nSPS) is 19.6. The lowest BCUT2D eigenvalue weighted by molar-refractivity contribution is -0.135. The molecule has 1 fully saturated rings. The first-order valence-corrected chi connectivity index (χ1v) is 10.2. The first-order chi connectivity index (χ1) is 14.1. The minimum Gasteiger partial charge on any atom is -0.482 e. The molecule has 2 amide bonds. The van der Waals surface area contributed by atoms with Gasteiger partial charge in [0.1, 0.15) is 5.75 Å². The minimum atomic E-state index is -0.0998. The van der Waals surface area contributed by atoms with Gasteiger partial charge < -0.3 is 14.5 Å². The maximum absolute atomic E-state index is 12.9. The number of carbonyl (C=O) groups excluding carboxylic acids is 2. The third kappa shape index (κ3) is 4.43. The number of anilines is 1. The standard InChI is InChI=1S/C23H27N3O3/c1-18-15-24(16-19-7-3-2-4-8-19)13-14-25(18)22(27)11-12-26-20-9-5-6-10-21(20)29-17-23(26)28/h2-10,18H,11-17H2,1H3/t18-/m1/s1. The highest BCUT2D eigenvalue weighted by Gasteiger charge is 2.29. The molecule has 4 rings (SSSR count). The van der Waals surface area contributed by atoms with E-state index in [9.17, 15) is 9.59 Å². The highest BCUT2D eigenvalue weighted by atomic mass is 16.5. The van der Waals surface area contributed by atoms with Gasteiger partial charge in [0.2, 0.25) is 5.91 Å². The summed E-state index contributed by atoms with van der Waals surface area (Å²) in [5.41, 5.74) is 2.04. The predicted molar refractivity (Wildman–Crippen MR) is 112 cm³/mol. The van der Waals surface area contributed by atoms with Crippen LogP contribution in [0.3, 0.4) is 0 Å². The summed E-state index contributed by atoms with van der Waals surface area (Å²) >= 11 is 0. The Kier molecular flexibility index (Phi) is 5.81. The van der Waals surface area contributed by atoms with Crippen LogP contribution in [-0.2, 0) is 16.1 Å². The lowest BCUT2D eigenvalue weighted by atomic mass is 10.1. The van der Waals surface area contributed by atoms with E-state index in [-0.39, 0.29) is 24.5 Å². The second-order valence-electron chi connectivity index (χ2n) is 7.71. The van der Waals surface area contributed by atoms with Crippen molar-refractivity contribution in [1.29, 1.82) is 0 Å². The van der Waals surface area contributed by atoms with Gasteiger partial charge in [0.25, 0.3) is 5.91 Å². The number of ether oxygens (including phenoxy) is 1. The SMILES string of the molecule is C[C@@H]1CN(Cc2ccccc2)CCN1C(=O)CCN1C(=O)COc2ccccc21.